The minimum Gasteiger partial charge on any atom is -0.448 e. The smallest absolute Gasteiger partial charge is 0.410 e. The molecule has 0 aromatic heterocycles. The third-order valence-electron chi connectivity index (χ3n) is 6.42. The molecule has 1 amide bonds. The van der Waals surface area contributed by atoms with Gasteiger partial charge in [0.2, 0.25) is 0 Å². The maximum absolute atomic E-state index is 12.6. The fourth-order valence-corrected chi connectivity index (χ4v) is 5.08. The monoisotopic (exact) mass is 349 g/mol. The highest BCUT2D eigenvalue weighted by Crippen LogP contribution is 2.45. The standard InChI is InChI=1S/C22H23NO3/c24-12-14-9-15-11-23(21(15)10-14)22(25)26-13-20-18-7-3-1-5-16(18)17-6-2-4-8-19(17)20/h1-8,14-15,20-21,24H,9-13H2/t14-,15+,21+/m0/s1. The molecule has 1 saturated carbocycles. The van der Waals surface area contributed by atoms with E-state index in [1.54, 1.807) is 0 Å². The van der Waals surface area contributed by atoms with Crippen LogP contribution in [0.1, 0.15) is 29.9 Å². The van der Waals surface area contributed by atoms with Crippen molar-refractivity contribution in [3.05, 3.63) is 59.7 Å². The number of ether oxygens (including phenoxy) is 1. The lowest BCUT2D eigenvalue weighted by atomic mass is 9.93. The number of carbonyl (C=O) groups is 1. The summed E-state index contributed by atoms with van der Waals surface area (Å²) in [5.41, 5.74) is 4.97. The maximum atomic E-state index is 12.6. The molecule has 0 radical (unpaired) electrons. The Morgan fingerprint density at radius 2 is 1.69 bits per heavy atom. The summed E-state index contributed by atoms with van der Waals surface area (Å²) in [6, 6.07) is 17.0. The van der Waals surface area contributed by atoms with Crippen molar-refractivity contribution in [1.29, 1.82) is 0 Å². The molecule has 1 N–H and O–H groups in total. The summed E-state index contributed by atoms with van der Waals surface area (Å²) in [5, 5.41) is 9.35. The van der Waals surface area contributed by atoms with Crippen molar-refractivity contribution in [2.75, 3.05) is 19.8 Å². The van der Waals surface area contributed by atoms with Gasteiger partial charge in [-0.25, -0.2) is 4.79 Å². The van der Waals surface area contributed by atoms with Crippen LogP contribution in [0.25, 0.3) is 11.1 Å². The Hall–Kier alpha value is -2.33. The predicted octanol–water partition coefficient (Wildman–Crippen LogP) is 3.64. The van der Waals surface area contributed by atoms with Crippen LogP contribution in [0.4, 0.5) is 4.79 Å². The number of fused-ring (bicyclic) bond motifs is 4. The zero-order valence-electron chi connectivity index (χ0n) is 14.7. The Bertz CT molecular complexity index is 803. The number of amides is 1. The topological polar surface area (TPSA) is 49.8 Å². The van der Waals surface area contributed by atoms with Gasteiger partial charge in [0.05, 0.1) is 0 Å². The summed E-state index contributed by atoms with van der Waals surface area (Å²) >= 11 is 0. The Kier molecular flexibility index (Phi) is 3.75. The van der Waals surface area contributed by atoms with Gasteiger partial charge in [0, 0.05) is 25.1 Å². The molecule has 2 aliphatic carbocycles. The summed E-state index contributed by atoms with van der Waals surface area (Å²) in [5.74, 6) is 1.00. The number of hydrogen-bond donors (Lipinski definition) is 1. The lowest BCUT2D eigenvalue weighted by Gasteiger charge is -2.43. The van der Waals surface area contributed by atoms with Crippen molar-refractivity contribution in [2.24, 2.45) is 11.8 Å². The molecule has 2 fully saturated rings. The number of aliphatic hydroxyl groups is 1. The molecule has 1 saturated heterocycles. The lowest BCUT2D eigenvalue weighted by Crippen LogP contribution is -2.56. The molecular formula is C22H23NO3. The van der Waals surface area contributed by atoms with Crippen LogP contribution in [0, 0.1) is 11.8 Å². The third-order valence-corrected chi connectivity index (χ3v) is 6.42. The molecular weight excluding hydrogens is 326 g/mol. The van der Waals surface area contributed by atoms with E-state index in [9.17, 15) is 9.90 Å². The molecule has 1 aliphatic heterocycles. The van der Waals surface area contributed by atoms with Gasteiger partial charge in [-0.15, -0.1) is 0 Å². The van der Waals surface area contributed by atoms with Gasteiger partial charge in [0.15, 0.2) is 0 Å². The van der Waals surface area contributed by atoms with E-state index in [0.29, 0.717) is 18.4 Å². The van der Waals surface area contributed by atoms with Crippen LogP contribution in [-0.2, 0) is 4.74 Å². The molecule has 1 heterocycles. The molecule has 2 aromatic rings. The van der Waals surface area contributed by atoms with Crippen molar-refractivity contribution in [3.63, 3.8) is 0 Å². The first-order valence-corrected chi connectivity index (χ1v) is 9.48. The minimum absolute atomic E-state index is 0.109. The first kappa shape index (κ1) is 15.9. The van der Waals surface area contributed by atoms with Crippen molar-refractivity contribution >= 4 is 6.09 Å². The number of benzene rings is 2. The van der Waals surface area contributed by atoms with Gasteiger partial charge in [-0.3, -0.25) is 0 Å². The number of hydrogen-bond acceptors (Lipinski definition) is 3. The van der Waals surface area contributed by atoms with Gasteiger partial charge in [-0.2, -0.15) is 0 Å². The van der Waals surface area contributed by atoms with Gasteiger partial charge >= 0.3 is 6.09 Å². The number of carbonyl (C=O) groups excluding carboxylic acids is 1. The van der Waals surface area contributed by atoms with Crippen LogP contribution in [0.3, 0.4) is 0 Å². The average Bonchev–Trinajstić information content (AvgIpc) is 3.16. The lowest BCUT2D eigenvalue weighted by molar-refractivity contribution is 0.0196. The fourth-order valence-electron chi connectivity index (χ4n) is 5.08. The Morgan fingerprint density at radius 1 is 1.04 bits per heavy atom. The SMILES string of the molecule is O=C(OCC1c2ccccc2-c2ccccc21)N1C[C@H]2C[C@H](CO)C[C@H]21. The van der Waals surface area contributed by atoms with E-state index in [1.165, 1.54) is 22.3 Å². The molecule has 134 valence electrons. The van der Waals surface area contributed by atoms with Crippen molar-refractivity contribution in [2.45, 2.75) is 24.8 Å². The molecule has 0 spiro atoms. The van der Waals surface area contributed by atoms with Crippen molar-refractivity contribution in [3.8, 4) is 11.1 Å². The molecule has 2 aromatic carbocycles. The summed E-state index contributed by atoms with van der Waals surface area (Å²) < 4.78 is 5.75. The Labute approximate surface area is 153 Å². The van der Waals surface area contributed by atoms with Crippen molar-refractivity contribution < 1.29 is 14.6 Å². The van der Waals surface area contributed by atoms with Crippen LogP contribution in [-0.4, -0.2) is 41.9 Å². The van der Waals surface area contributed by atoms with Gasteiger partial charge < -0.3 is 14.7 Å². The summed E-state index contributed by atoms with van der Waals surface area (Å²) in [6.45, 7) is 1.38. The first-order valence-electron chi connectivity index (χ1n) is 9.48. The Balaban J connectivity index is 1.30. The second-order valence-electron chi connectivity index (χ2n) is 7.80. The number of rotatable bonds is 3. The molecule has 5 rings (SSSR count). The summed E-state index contributed by atoms with van der Waals surface area (Å²) in [6.07, 6.45) is 1.74. The van der Waals surface area contributed by atoms with Gasteiger partial charge in [-0.1, -0.05) is 48.5 Å². The normalized spacial score (nSPS) is 26.0. The van der Waals surface area contributed by atoms with Crippen molar-refractivity contribution in [1.82, 2.24) is 4.90 Å². The van der Waals surface area contributed by atoms with Gasteiger partial charge in [0.1, 0.15) is 6.61 Å². The second-order valence-corrected chi connectivity index (χ2v) is 7.80. The first-order chi connectivity index (χ1) is 12.8. The summed E-state index contributed by atoms with van der Waals surface area (Å²) in [4.78, 5) is 14.4. The summed E-state index contributed by atoms with van der Waals surface area (Å²) in [7, 11) is 0. The number of nitrogens with zero attached hydrogens (tertiary/aromatic N) is 1. The van der Waals surface area contributed by atoms with Crippen LogP contribution in [0.2, 0.25) is 0 Å². The van der Waals surface area contributed by atoms with Crippen LogP contribution >= 0.6 is 0 Å². The Morgan fingerprint density at radius 3 is 2.35 bits per heavy atom. The molecule has 0 unspecified atom stereocenters. The van der Waals surface area contributed by atoms with E-state index < -0.39 is 0 Å². The highest BCUT2D eigenvalue weighted by molar-refractivity contribution is 5.79. The van der Waals surface area contributed by atoms with E-state index in [4.69, 9.17) is 4.74 Å². The van der Waals surface area contributed by atoms with Crippen LogP contribution < -0.4 is 0 Å². The second kappa shape index (κ2) is 6.13. The number of likely N-dealkylation sites (tertiary alicyclic amines) is 1. The number of aliphatic hydroxyl groups excluding tert-OH is 1. The molecule has 3 aliphatic rings. The maximum Gasteiger partial charge on any atom is 0.410 e. The fraction of sp³-hybridized carbons (Fsp3) is 0.409. The van der Waals surface area contributed by atoms with Gasteiger partial charge in [0.25, 0.3) is 0 Å². The van der Waals surface area contributed by atoms with E-state index in [1.807, 2.05) is 17.0 Å². The minimum atomic E-state index is -0.202. The van der Waals surface area contributed by atoms with E-state index in [2.05, 4.69) is 36.4 Å². The zero-order valence-corrected chi connectivity index (χ0v) is 14.7. The van der Waals surface area contributed by atoms with E-state index >= 15 is 0 Å². The highest BCUT2D eigenvalue weighted by Gasteiger charge is 2.48. The average molecular weight is 349 g/mol. The van der Waals surface area contributed by atoms with Gasteiger partial charge in [-0.05, 0) is 46.9 Å². The molecule has 4 nitrogen and oxygen atoms in total. The zero-order chi connectivity index (χ0) is 17.7. The van der Waals surface area contributed by atoms with E-state index in [0.717, 1.165) is 19.4 Å². The largest absolute Gasteiger partial charge is 0.448 e. The van der Waals surface area contributed by atoms with Crippen LogP contribution in [0.15, 0.2) is 48.5 Å². The van der Waals surface area contributed by atoms with Crippen LogP contribution in [0.5, 0.6) is 0 Å². The predicted molar refractivity (Wildman–Crippen MR) is 98.9 cm³/mol. The quantitative estimate of drug-likeness (QED) is 0.920. The molecule has 0 bridgehead atoms. The third kappa shape index (κ3) is 2.36. The molecule has 3 atom stereocenters. The highest BCUT2D eigenvalue weighted by atomic mass is 16.6. The molecule has 4 heteroatoms. The molecule has 26 heavy (non-hydrogen) atoms. The van der Waals surface area contributed by atoms with E-state index in [-0.39, 0.29) is 24.7 Å².